The molecule has 0 spiro atoms. The molecule has 1 aromatic carbocycles. The van der Waals surface area contributed by atoms with Crippen molar-refractivity contribution in [2.75, 3.05) is 20.8 Å². The lowest BCUT2D eigenvalue weighted by Gasteiger charge is -2.32. The quantitative estimate of drug-likeness (QED) is 0.837. The highest BCUT2D eigenvalue weighted by Crippen LogP contribution is 2.31. The van der Waals surface area contributed by atoms with Crippen LogP contribution in [0.2, 0.25) is 0 Å². The summed E-state index contributed by atoms with van der Waals surface area (Å²) in [5.41, 5.74) is 6.21. The first-order valence-corrected chi connectivity index (χ1v) is 6.40. The van der Waals surface area contributed by atoms with Gasteiger partial charge in [0, 0.05) is 12.6 Å². The summed E-state index contributed by atoms with van der Waals surface area (Å²) in [6.07, 6.45) is 1.96. The zero-order valence-electron chi connectivity index (χ0n) is 11.3. The van der Waals surface area contributed by atoms with Crippen LogP contribution in [0.15, 0.2) is 18.2 Å². The van der Waals surface area contributed by atoms with E-state index >= 15 is 0 Å². The summed E-state index contributed by atoms with van der Waals surface area (Å²) in [6, 6.07) is 5.56. The van der Waals surface area contributed by atoms with Crippen LogP contribution in [0, 0.1) is 5.92 Å². The zero-order valence-corrected chi connectivity index (χ0v) is 11.3. The van der Waals surface area contributed by atoms with Gasteiger partial charge in [0.25, 0.3) is 5.91 Å². The smallest absolute Gasteiger partial charge is 0.255 e. The topological polar surface area (TPSA) is 73.6 Å². The monoisotopic (exact) mass is 264 g/mol. The Bertz CT molecular complexity index is 456. The van der Waals surface area contributed by atoms with Crippen LogP contribution in [0.3, 0.4) is 0 Å². The molecule has 0 unspecified atom stereocenters. The average Bonchev–Trinajstić information content (AvgIpc) is 2.40. The Hall–Kier alpha value is -1.75. The van der Waals surface area contributed by atoms with Gasteiger partial charge in [-0.05, 0) is 30.9 Å². The van der Waals surface area contributed by atoms with Crippen LogP contribution in [-0.4, -0.2) is 32.7 Å². The van der Waals surface area contributed by atoms with E-state index in [2.05, 4.69) is 5.32 Å². The predicted octanol–water partition coefficient (Wildman–Crippen LogP) is 1.17. The van der Waals surface area contributed by atoms with Gasteiger partial charge in [0.15, 0.2) is 11.5 Å². The summed E-state index contributed by atoms with van der Waals surface area (Å²) in [5.74, 6) is 1.38. The standard InChI is InChI=1S/C14H20N2O3/c1-18-12-5-3-4-11(13(12)19-2)14(17)16-8-9-6-10(15)7-9/h3-5,9-10H,6-8,15H2,1-2H3,(H,16,17). The van der Waals surface area contributed by atoms with Crippen molar-refractivity contribution < 1.29 is 14.3 Å². The molecule has 1 amide bonds. The van der Waals surface area contributed by atoms with E-state index in [0.29, 0.717) is 35.6 Å². The molecule has 0 heterocycles. The Kier molecular flexibility index (Phi) is 4.27. The van der Waals surface area contributed by atoms with E-state index < -0.39 is 0 Å². The summed E-state index contributed by atoms with van der Waals surface area (Å²) < 4.78 is 10.4. The summed E-state index contributed by atoms with van der Waals surface area (Å²) >= 11 is 0. The van der Waals surface area contributed by atoms with Crippen LogP contribution in [0.4, 0.5) is 0 Å². The molecule has 1 fully saturated rings. The van der Waals surface area contributed by atoms with Crippen molar-refractivity contribution in [3.8, 4) is 11.5 Å². The van der Waals surface area contributed by atoms with Gasteiger partial charge in [-0.3, -0.25) is 4.79 Å². The average molecular weight is 264 g/mol. The molecule has 2 rings (SSSR count). The maximum Gasteiger partial charge on any atom is 0.255 e. The third-order valence-corrected chi connectivity index (χ3v) is 3.47. The van der Waals surface area contributed by atoms with Gasteiger partial charge in [-0.1, -0.05) is 6.07 Å². The highest BCUT2D eigenvalue weighted by atomic mass is 16.5. The third-order valence-electron chi connectivity index (χ3n) is 3.47. The van der Waals surface area contributed by atoms with Crippen molar-refractivity contribution in [1.29, 1.82) is 0 Å². The molecule has 0 radical (unpaired) electrons. The zero-order chi connectivity index (χ0) is 13.8. The number of carbonyl (C=O) groups excluding carboxylic acids is 1. The molecule has 3 N–H and O–H groups in total. The van der Waals surface area contributed by atoms with Gasteiger partial charge >= 0.3 is 0 Å². The number of nitrogens with two attached hydrogens (primary N) is 1. The second-order valence-corrected chi connectivity index (χ2v) is 4.85. The molecule has 0 aliphatic heterocycles. The van der Waals surface area contributed by atoms with Crippen LogP contribution in [-0.2, 0) is 0 Å². The van der Waals surface area contributed by atoms with Gasteiger partial charge in [0.1, 0.15) is 0 Å². The molecule has 1 saturated carbocycles. The van der Waals surface area contributed by atoms with Crippen LogP contribution in [0.25, 0.3) is 0 Å². The first kappa shape index (κ1) is 13.7. The van der Waals surface area contributed by atoms with Gasteiger partial charge in [0.05, 0.1) is 19.8 Å². The second kappa shape index (κ2) is 5.93. The number of hydrogen-bond acceptors (Lipinski definition) is 4. The van der Waals surface area contributed by atoms with Crippen molar-refractivity contribution in [3.63, 3.8) is 0 Å². The molecule has 0 saturated heterocycles. The molecule has 104 valence electrons. The summed E-state index contributed by atoms with van der Waals surface area (Å²) in [7, 11) is 3.08. The van der Waals surface area contributed by atoms with E-state index in [0.717, 1.165) is 12.8 Å². The SMILES string of the molecule is COc1cccc(C(=O)NCC2CC(N)C2)c1OC. The molecule has 1 aromatic rings. The summed E-state index contributed by atoms with van der Waals surface area (Å²) in [4.78, 5) is 12.1. The van der Waals surface area contributed by atoms with Crippen molar-refractivity contribution >= 4 is 5.91 Å². The largest absolute Gasteiger partial charge is 0.493 e. The first-order valence-electron chi connectivity index (χ1n) is 6.40. The highest BCUT2D eigenvalue weighted by molar-refractivity contribution is 5.97. The van der Waals surface area contributed by atoms with Gasteiger partial charge in [-0.2, -0.15) is 0 Å². The Labute approximate surface area is 113 Å². The molecule has 5 nitrogen and oxygen atoms in total. The second-order valence-electron chi connectivity index (χ2n) is 4.85. The van der Waals surface area contributed by atoms with E-state index in [4.69, 9.17) is 15.2 Å². The lowest BCUT2D eigenvalue weighted by atomic mass is 9.81. The molecule has 0 atom stereocenters. The van der Waals surface area contributed by atoms with E-state index in [1.807, 2.05) is 0 Å². The molecule has 0 aromatic heterocycles. The number of ether oxygens (including phenoxy) is 2. The Morgan fingerprint density at radius 3 is 2.68 bits per heavy atom. The minimum absolute atomic E-state index is 0.142. The maximum absolute atomic E-state index is 12.1. The number of benzene rings is 1. The Morgan fingerprint density at radius 2 is 2.11 bits per heavy atom. The minimum Gasteiger partial charge on any atom is -0.493 e. The fraction of sp³-hybridized carbons (Fsp3) is 0.500. The van der Waals surface area contributed by atoms with Crippen LogP contribution >= 0.6 is 0 Å². The van der Waals surface area contributed by atoms with Crippen molar-refractivity contribution in [2.45, 2.75) is 18.9 Å². The number of carbonyl (C=O) groups is 1. The van der Waals surface area contributed by atoms with E-state index in [1.165, 1.54) is 7.11 Å². The molecule has 1 aliphatic carbocycles. The molecule has 5 heteroatoms. The van der Waals surface area contributed by atoms with Gasteiger partial charge in [0.2, 0.25) is 0 Å². The van der Waals surface area contributed by atoms with E-state index in [-0.39, 0.29) is 5.91 Å². The molecule has 0 bridgehead atoms. The summed E-state index contributed by atoms with van der Waals surface area (Å²) in [5, 5.41) is 2.92. The molecular weight excluding hydrogens is 244 g/mol. The minimum atomic E-state index is -0.142. The molecular formula is C14H20N2O3. The Balaban J connectivity index is 2.02. The fourth-order valence-electron chi connectivity index (χ4n) is 2.35. The van der Waals surface area contributed by atoms with Gasteiger partial charge in [-0.15, -0.1) is 0 Å². The van der Waals surface area contributed by atoms with E-state index in [9.17, 15) is 4.79 Å². The highest BCUT2D eigenvalue weighted by Gasteiger charge is 2.26. The first-order chi connectivity index (χ1) is 9.15. The van der Waals surface area contributed by atoms with Crippen LogP contribution in [0.5, 0.6) is 11.5 Å². The van der Waals surface area contributed by atoms with Crippen molar-refractivity contribution in [1.82, 2.24) is 5.32 Å². The third kappa shape index (κ3) is 2.98. The normalized spacial score (nSPS) is 21.4. The van der Waals surface area contributed by atoms with Crippen LogP contribution in [0.1, 0.15) is 23.2 Å². The fourth-order valence-corrected chi connectivity index (χ4v) is 2.35. The maximum atomic E-state index is 12.1. The lowest BCUT2D eigenvalue weighted by Crippen LogP contribution is -2.42. The number of amides is 1. The van der Waals surface area contributed by atoms with E-state index in [1.54, 1.807) is 25.3 Å². The molecule has 19 heavy (non-hydrogen) atoms. The molecule has 1 aliphatic rings. The number of hydrogen-bond donors (Lipinski definition) is 2. The number of para-hydroxylation sites is 1. The Morgan fingerprint density at radius 1 is 1.37 bits per heavy atom. The number of nitrogens with one attached hydrogen (secondary N) is 1. The number of methoxy groups -OCH3 is 2. The summed E-state index contributed by atoms with van der Waals surface area (Å²) in [6.45, 7) is 0.660. The predicted molar refractivity (Wildman–Crippen MR) is 72.6 cm³/mol. The van der Waals surface area contributed by atoms with Gasteiger partial charge < -0.3 is 20.5 Å². The lowest BCUT2D eigenvalue weighted by molar-refractivity contribution is 0.0931. The number of rotatable bonds is 5. The van der Waals surface area contributed by atoms with Crippen molar-refractivity contribution in [3.05, 3.63) is 23.8 Å². The van der Waals surface area contributed by atoms with Crippen molar-refractivity contribution in [2.24, 2.45) is 11.7 Å². The van der Waals surface area contributed by atoms with Crippen LogP contribution < -0.4 is 20.5 Å². The van der Waals surface area contributed by atoms with Gasteiger partial charge in [-0.25, -0.2) is 0 Å².